The average molecular weight is 377 g/mol. The number of nitrogens with zero attached hydrogens (tertiary/aromatic N) is 1. The molecule has 3 rings (SSSR count). The molecule has 6 heteroatoms. The largest absolute Gasteiger partial charge is 0.493 e. The molecular formula is C22H19NO5. The Morgan fingerprint density at radius 2 is 1.96 bits per heavy atom. The molecule has 0 saturated heterocycles. The molecule has 0 radical (unpaired) electrons. The fourth-order valence-corrected chi connectivity index (χ4v) is 2.69. The molecule has 0 aliphatic rings. The van der Waals surface area contributed by atoms with Gasteiger partial charge in [-0.25, -0.2) is 9.78 Å². The smallest absolute Gasteiger partial charge is 0.328 e. The molecule has 0 aliphatic carbocycles. The Labute approximate surface area is 162 Å². The first kappa shape index (κ1) is 19.1. The number of aliphatic carboxylic acids is 1. The van der Waals surface area contributed by atoms with Crippen molar-refractivity contribution in [1.29, 1.82) is 0 Å². The molecule has 0 unspecified atom stereocenters. The van der Waals surface area contributed by atoms with Crippen LogP contribution in [0.4, 0.5) is 0 Å². The number of carboxylic acids is 1. The average Bonchev–Trinajstić information content (AvgIpc) is 3.08. The quantitative estimate of drug-likeness (QED) is 0.468. The van der Waals surface area contributed by atoms with Crippen LogP contribution in [0.3, 0.4) is 0 Å². The summed E-state index contributed by atoms with van der Waals surface area (Å²) in [7, 11) is 0. The summed E-state index contributed by atoms with van der Waals surface area (Å²) in [6.45, 7) is 2.23. The number of rotatable bonds is 8. The van der Waals surface area contributed by atoms with E-state index in [9.17, 15) is 9.59 Å². The fourth-order valence-electron chi connectivity index (χ4n) is 2.69. The Morgan fingerprint density at radius 1 is 1.18 bits per heavy atom. The number of aromatic nitrogens is 1. The number of ether oxygens (including phenoxy) is 1. The Kier molecular flexibility index (Phi) is 6.01. The van der Waals surface area contributed by atoms with Crippen LogP contribution in [0.2, 0.25) is 0 Å². The van der Waals surface area contributed by atoms with E-state index in [4.69, 9.17) is 14.3 Å². The first-order valence-corrected chi connectivity index (χ1v) is 8.71. The third-order valence-electron chi connectivity index (χ3n) is 4.11. The van der Waals surface area contributed by atoms with Crippen LogP contribution in [0.1, 0.15) is 27.4 Å². The molecule has 6 nitrogen and oxygen atoms in total. The summed E-state index contributed by atoms with van der Waals surface area (Å²) in [5.41, 5.74) is 2.61. The monoisotopic (exact) mass is 377 g/mol. The lowest BCUT2D eigenvalue weighted by atomic mass is 10.1. The van der Waals surface area contributed by atoms with E-state index in [0.717, 1.165) is 23.1 Å². The van der Waals surface area contributed by atoms with E-state index in [1.54, 1.807) is 18.2 Å². The zero-order valence-electron chi connectivity index (χ0n) is 15.3. The highest BCUT2D eigenvalue weighted by atomic mass is 16.5. The second-order valence-electron chi connectivity index (χ2n) is 6.07. The number of aldehydes is 1. The molecule has 0 aliphatic heterocycles. The molecule has 1 N–H and O–H groups in total. The summed E-state index contributed by atoms with van der Waals surface area (Å²) in [6, 6.07) is 14.6. The van der Waals surface area contributed by atoms with Gasteiger partial charge in [0.25, 0.3) is 0 Å². The molecule has 3 aromatic rings. The molecule has 1 heterocycles. The van der Waals surface area contributed by atoms with Gasteiger partial charge in [-0.1, -0.05) is 24.3 Å². The predicted octanol–water partition coefficient (Wildman–Crippen LogP) is 4.18. The van der Waals surface area contributed by atoms with Crippen LogP contribution in [0.25, 0.3) is 17.5 Å². The second-order valence-corrected chi connectivity index (χ2v) is 6.07. The van der Waals surface area contributed by atoms with E-state index in [0.29, 0.717) is 42.1 Å². The van der Waals surface area contributed by atoms with Crippen LogP contribution in [-0.2, 0) is 11.2 Å². The molecule has 1 aromatic heterocycles. The predicted molar refractivity (Wildman–Crippen MR) is 104 cm³/mol. The van der Waals surface area contributed by atoms with Crippen molar-refractivity contribution in [3.8, 4) is 17.2 Å². The maximum Gasteiger partial charge on any atom is 0.328 e. The Hall–Kier alpha value is -3.67. The molecule has 0 spiro atoms. The van der Waals surface area contributed by atoms with E-state index in [2.05, 4.69) is 4.98 Å². The summed E-state index contributed by atoms with van der Waals surface area (Å²) >= 11 is 0. The number of carboxylic acid groups (broad SMARTS) is 1. The molecule has 28 heavy (non-hydrogen) atoms. The molecule has 0 saturated carbocycles. The van der Waals surface area contributed by atoms with E-state index in [1.165, 1.54) is 6.08 Å². The number of carbonyl (C=O) groups excluding carboxylic acids is 1. The summed E-state index contributed by atoms with van der Waals surface area (Å²) in [5, 5.41) is 8.70. The first-order valence-electron chi connectivity index (χ1n) is 8.71. The second kappa shape index (κ2) is 8.81. The SMILES string of the molecule is Cc1oc(-c2ccccc2)nc1CCOc1ccc(C=CC(=O)O)c(C=O)c1. The standard InChI is InChI=1S/C22H19NO5/c1-15-20(23-22(28-15)17-5-3-2-4-6-17)11-12-27-19-9-7-16(8-10-21(25)26)18(13-19)14-24/h2-10,13-14H,11-12H2,1H3,(H,25,26). The van der Waals surface area contributed by atoms with Gasteiger partial charge < -0.3 is 14.3 Å². The van der Waals surface area contributed by atoms with Crippen LogP contribution in [0.5, 0.6) is 5.75 Å². The van der Waals surface area contributed by atoms with Gasteiger partial charge >= 0.3 is 5.97 Å². The fraction of sp³-hybridized carbons (Fsp3) is 0.136. The summed E-state index contributed by atoms with van der Waals surface area (Å²) in [4.78, 5) is 26.4. The van der Waals surface area contributed by atoms with Crippen molar-refractivity contribution in [2.45, 2.75) is 13.3 Å². The maximum atomic E-state index is 11.2. The lowest BCUT2D eigenvalue weighted by Crippen LogP contribution is -2.03. The Balaban J connectivity index is 1.64. The molecule has 0 bridgehead atoms. The van der Waals surface area contributed by atoms with Gasteiger partial charge in [-0.15, -0.1) is 0 Å². The number of oxazole rings is 1. The molecule has 142 valence electrons. The highest BCUT2D eigenvalue weighted by molar-refractivity contribution is 5.89. The Morgan fingerprint density at radius 3 is 2.68 bits per heavy atom. The first-order chi connectivity index (χ1) is 13.6. The highest BCUT2D eigenvalue weighted by Gasteiger charge is 2.11. The number of benzene rings is 2. The summed E-state index contributed by atoms with van der Waals surface area (Å²) in [6.07, 6.45) is 3.59. The maximum absolute atomic E-state index is 11.2. The van der Waals surface area contributed by atoms with Gasteiger partial charge in [-0.3, -0.25) is 4.79 Å². The molecule has 0 atom stereocenters. The minimum atomic E-state index is -1.07. The molecule has 2 aromatic carbocycles. The van der Waals surface area contributed by atoms with E-state index in [-0.39, 0.29) is 0 Å². The number of hydrogen-bond acceptors (Lipinski definition) is 5. The topological polar surface area (TPSA) is 89.6 Å². The third-order valence-corrected chi connectivity index (χ3v) is 4.11. The number of hydrogen-bond donors (Lipinski definition) is 1. The minimum absolute atomic E-state index is 0.360. The van der Waals surface area contributed by atoms with Crippen molar-refractivity contribution in [2.75, 3.05) is 6.61 Å². The minimum Gasteiger partial charge on any atom is -0.493 e. The van der Waals surface area contributed by atoms with Crippen LogP contribution in [-0.4, -0.2) is 29.0 Å². The van der Waals surface area contributed by atoms with Gasteiger partial charge in [0.1, 0.15) is 11.5 Å². The van der Waals surface area contributed by atoms with Crippen molar-refractivity contribution < 1.29 is 23.8 Å². The normalized spacial score (nSPS) is 10.9. The van der Waals surface area contributed by atoms with Crippen molar-refractivity contribution in [3.63, 3.8) is 0 Å². The van der Waals surface area contributed by atoms with Crippen LogP contribution in [0, 0.1) is 6.92 Å². The van der Waals surface area contributed by atoms with Gasteiger partial charge in [0.15, 0.2) is 6.29 Å². The zero-order chi connectivity index (χ0) is 19.9. The number of aryl methyl sites for hydroxylation is 1. The van der Waals surface area contributed by atoms with Gasteiger partial charge in [-0.05, 0) is 42.8 Å². The van der Waals surface area contributed by atoms with Gasteiger partial charge in [0.2, 0.25) is 5.89 Å². The molecule has 0 fully saturated rings. The van der Waals surface area contributed by atoms with Crippen LogP contribution >= 0.6 is 0 Å². The van der Waals surface area contributed by atoms with Crippen molar-refractivity contribution in [2.24, 2.45) is 0 Å². The van der Waals surface area contributed by atoms with E-state index in [1.807, 2.05) is 37.3 Å². The molecule has 0 amide bonds. The van der Waals surface area contributed by atoms with E-state index >= 15 is 0 Å². The highest BCUT2D eigenvalue weighted by Crippen LogP contribution is 2.22. The van der Waals surface area contributed by atoms with Crippen LogP contribution < -0.4 is 4.74 Å². The van der Waals surface area contributed by atoms with Crippen molar-refractivity contribution >= 4 is 18.3 Å². The lowest BCUT2D eigenvalue weighted by molar-refractivity contribution is -0.131. The van der Waals surface area contributed by atoms with Crippen LogP contribution in [0.15, 0.2) is 59.0 Å². The zero-order valence-corrected chi connectivity index (χ0v) is 15.3. The molecular weight excluding hydrogens is 358 g/mol. The lowest BCUT2D eigenvalue weighted by Gasteiger charge is -2.07. The summed E-state index contributed by atoms with van der Waals surface area (Å²) in [5.74, 6) is 0.769. The van der Waals surface area contributed by atoms with Crippen molar-refractivity contribution in [3.05, 3.63) is 77.2 Å². The number of carbonyl (C=O) groups is 2. The summed E-state index contributed by atoms with van der Waals surface area (Å²) < 4.78 is 11.5. The van der Waals surface area contributed by atoms with Crippen molar-refractivity contribution in [1.82, 2.24) is 4.98 Å². The van der Waals surface area contributed by atoms with Gasteiger partial charge in [-0.2, -0.15) is 0 Å². The van der Waals surface area contributed by atoms with Gasteiger partial charge in [0, 0.05) is 23.6 Å². The van der Waals surface area contributed by atoms with E-state index < -0.39 is 5.97 Å². The third kappa shape index (κ3) is 4.73. The van der Waals surface area contributed by atoms with Gasteiger partial charge in [0.05, 0.1) is 12.3 Å². The Bertz CT molecular complexity index is 1010.